The van der Waals surface area contributed by atoms with Crippen LogP contribution in [-0.4, -0.2) is 24.3 Å². The minimum absolute atomic E-state index is 0.225. The van der Waals surface area contributed by atoms with Gasteiger partial charge in [0, 0.05) is 18.7 Å². The van der Waals surface area contributed by atoms with Gasteiger partial charge in [0.25, 0.3) is 0 Å². The molecule has 0 saturated carbocycles. The summed E-state index contributed by atoms with van der Waals surface area (Å²) < 4.78 is 13.6. The molecule has 0 saturated heterocycles. The van der Waals surface area contributed by atoms with Crippen molar-refractivity contribution in [3.05, 3.63) is 35.7 Å². The van der Waals surface area contributed by atoms with E-state index in [0.717, 1.165) is 5.56 Å². The lowest BCUT2D eigenvalue weighted by Gasteiger charge is -2.29. The fraction of sp³-hybridized carbons (Fsp3) is 0.333. The Bertz CT molecular complexity index is 387. The minimum Gasteiger partial charge on any atom is -0.392 e. The van der Waals surface area contributed by atoms with Crippen LogP contribution in [0.25, 0.3) is 6.08 Å². The normalized spacial score (nSPS) is 16.3. The van der Waals surface area contributed by atoms with Crippen molar-refractivity contribution in [2.24, 2.45) is 0 Å². The van der Waals surface area contributed by atoms with Gasteiger partial charge in [-0.25, -0.2) is 4.39 Å². The SMILES string of the molecule is CC(O)CN1CC=Cc2cccc(F)c21. The minimum atomic E-state index is -0.455. The van der Waals surface area contributed by atoms with E-state index < -0.39 is 6.10 Å². The number of rotatable bonds is 2. The third kappa shape index (κ3) is 2.02. The standard InChI is InChI=1S/C12H14FNO/c1-9(15)8-14-7-3-5-10-4-2-6-11(13)12(10)14/h2-6,9,15H,7-8H2,1H3. The number of benzene rings is 1. The van der Waals surface area contributed by atoms with E-state index in [4.69, 9.17) is 0 Å². The topological polar surface area (TPSA) is 23.5 Å². The number of hydrogen-bond donors (Lipinski definition) is 1. The maximum absolute atomic E-state index is 13.6. The Hall–Kier alpha value is -1.35. The lowest BCUT2D eigenvalue weighted by Crippen LogP contribution is -2.33. The highest BCUT2D eigenvalue weighted by Crippen LogP contribution is 2.28. The molecule has 2 rings (SSSR count). The Morgan fingerprint density at radius 3 is 3.07 bits per heavy atom. The van der Waals surface area contributed by atoms with Crippen LogP contribution in [-0.2, 0) is 0 Å². The van der Waals surface area contributed by atoms with Gasteiger partial charge in [-0.15, -0.1) is 0 Å². The van der Waals surface area contributed by atoms with E-state index in [1.165, 1.54) is 6.07 Å². The van der Waals surface area contributed by atoms with Crippen molar-refractivity contribution in [3.63, 3.8) is 0 Å². The first-order valence-electron chi connectivity index (χ1n) is 5.06. The van der Waals surface area contributed by atoms with Gasteiger partial charge in [0.1, 0.15) is 5.82 Å². The van der Waals surface area contributed by atoms with Gasteiger partial charge in [-0.1, -0.05) is 24.3 Å². The van der Waals surface area contributed by atoms with E-state index in [1.807, 2.05) is 23.1 Å². The summed E-state index contributed by atoms with van der Waals surface area (Å²) in [6.07, 6.45) is 3.44. The van der Waals surface area contributed by atoms with Crippen molar-refractivity contribution in [3.8, 4) is 0 Å². The van der Waals surface area contributed by atoms with E-state index in [1.54, 1.807) is 13.0 Å². The second-order valence-electron chi connectivity index (χ2n) is 3.83. The summed E-state index contributed by atoms with van der Waals surface area (Å²) in [6.45, 7) is 2.82. The molecule has 15 heavy (non-hydrogen) atoms. The first-order valence-corrected chi connectivity index (χ1v) is 5.06. The van der Waals surface area contributed by atoms with Gasteiger partial charge >= 0.3 is 0 Å². The molecular formula is C12H14FNO. The highest BCUT2D eigenvalue weighted by molar-refractivity contribution is 5.71. The fourth-order valence-corrected chi connectivity index (χ4v) is 1.88. The van der Waals surface area contributed by atoms with Crippen molar-refractivity contribution in [2.45, 2.75) is 13.0 Å². The molecule has 1 aromatic carbocycles. The molecule has 1 heterocycles. The molecule has 0 aliphatic carbocycles. The average molecular weight is 207 g/mol. The molecule has 1 aliphatic rings. The summed E-state index contributed by atoms with van der Waals surface area (Å²) in [4.78, 5) is 1.86. The second-order valence-corrected chi connectivity index (χ2v) is 3.83. The number of β-amino-alcohol motifs (C(OH)–C–C–N with tert-alkyl or cyclic N) is 1. The predicted octanol–water partition coefficient (Wildman–Crippen LogP) is 2.04. The molecule has 0 amide bonds. The summed E-state index contributed by atoms with van der Waals surface area (Å²) in [5, 5.41) is 9.33. The van der Waals surface area contributed by atoms with Gasteiger partial charge in [-0.05, 0) is 13.0 Å². The van der Waals surface area contributed by atoms with Gasteiger partial charge in [-0.2, -0.15) is 0 Å². The maximum Gasteiger partial charge on any atom is 0.147 e. The number of aliphatic hydroxyl groups is 1. The van der Waals surface area contributed by atoms with Crippen LogP contribution in [0.4, 0.5) is 10.1 Å². The van der Waals surface area contributed by atoms with Crippen LogP contribution in [0.15, 0.2) is 24.3 Å². The second kappa shape index (κ2) is 4.03. The van der Waals surface area contributed by atoms with Crippen LogP contribution in [0.5, 0.6) is 0 Å². The molecule has 1 unspecified atom stereocenters. The van der Waals surface area contributed by atoms with Crippen molar-refractivity contribution < 1.29 is 9.50 Å². The molecule has 0 radical (unpaired) electrons. The maximum atomic E-state index is 13.6. The van der Waals surface area contributed by atoms with Gasteiger partial charge in [0.15, 0.2) is 0 Å². The summed E-state index contributed by atoms with van der Waals surface area (Å²) in [7, 11) is 0. The summed E-state index contributed by atoms with van der Waals surface area (Å²) in [6, 6.07) is 5.03. The van der Waals surface area contributed by atoms with Crippen molar-refractivity contribution >= 4 is 11.8 Å². The zero-order chi connectivity index (χ0) is 10.8. The molecule has 0 bridgehead atoms. The molecule has 80 valence electrons. The molecule has 1 aliphatic heterocycles. The van der Waals surface area contributed by atoms with Crippen LogP contribution in [0.1, 0.15) is 12.5 Å². The largest absolute Gasteiger partial charge is 0.392 e. The number of aliphatic hydroxyl groups excluding tert-OH is 1. The first kappa shape index (κ1) is 10.2. The third-order valence-electron chi connectivity index (χ3n) is 2.44. The van der Waals surface area contributed by atoms with Crippen LogP contribution in [0.2, 0.25) is 0 Å². The quantitative estimate of drug-likeness (QED) is 0.802. The number of nitrogens with zero attached hydrogens (tertiary/aromatic N) is 1. The molecule has 0 aromatic heterocycles. The zero-order valence-electron chi connectivity index (χ0n) is 8.65. The van der Waals surface area contributed by atoms with Crippen LogP contribution in [0.3, 0.4) is 0 Å². The number of halogens is 1. The molecule has 3 heteroatoms. The lowest BCUT2D eigenvalue weighted by molar-refractivity contribution is 0.200. The zero-order valence-corrected chi connectivity index (χ0v) is 8.65. The predicted molar refractivity (Wildman–Crippen MR) is 59.3 cm³/mol. The Morgan fingerprint density at radius 1 is 1.53 bits per heavy atom. The molecule has 1 N–H and O–H groups in total. The van der Waals surface area contributed by atoms with Crippen LogP contribution < -0.4 is 4.90 Å². The number of anilines is 1. The lowest BCUT2D eigenvalue weighted by atomic mass is 10.1. The smallest absolute Gasteiger partial charge is 0.147 e. The van der Waals surface area contributed by atoms with Gasteiger partial charge in [0.2, 0.25) is 0 Å². The van der Waals surface area contributed by atoms with E-state index >= 15 is 0 Å². The average Bonchev–Trinajstić information content (AvgIpc) is 2.17. The Morgan fingerprint density at radius 2 is 2.33 bits per heavy atom. The highest BCUT2D eigenvalue weighted by atomic mass is 19.1. The molecule has 0 fully saturated rings. The van der Waals surface area contributed by atoms with E-state index in [-0.39, 0.29) is 5.82 Å². The van der Waals surface area contributed by atoms with Gasteiger partial charge in [0.05, 0.1) is 11.8 Å². The molecular weight excluding hydrogens is 193 g/mol. The number of fused-ring (bicyclic) bond motifs is 1. The molecule has 0 spiro atoms. The fourth-order valence-electron chi connectivity index (χ4n) is 1.88. The molecule has 1 atom stereocenters. The Balaban J connectivity index is 2.37. The monoisotopic (exact) mass is 207 g/mol. The molecule has 2 nitrogen and oxygen atoms in total. The summed E-state index contributed by atoms with van der Waals surface area (Å²) in [5.41, 5.74) is 1.47. The number of hydrogen-bond acceptors (Lipinski definition) is 2. The summed E-state index contributed by atoms with van der Waals surface area (Å²) >= 11 is 0. The number of para-hydroxylation sites is 1. The Labute approximate surface area is 88.6 Å². The summed E-state index contributed by atoms with van der Waals surface area (Å²) in [5.74, 6) is -0.225. The van der Waals surface area contributed by atoms with Crippen molar-refractivity contribution in [1.29, 1.82) is 0 Å². The van der Waals surface area contributed by atoms with Crippen LogP contribution >= 0.6 is 0 Å². The first-order chi connectivity index (χ1) is 7.18. The van der Waals surface area contributed by atoms with Gasteiger partial charge < -0.3 is 10.0 Å². The van der Waals surface area contributed by atoms with Crippen molar-refractivity contribution in [1.82, 2.24) is 0 Å². The molecule has 1 aromatic rings. The van der Waals surface area contributed by atoms with E-state index in [2.05, 4.69) is 0 Å². The van der Waals surface area contributed by atoms with Crippen molar-refractivity contribution in [2.75, 3.05) is 18.0 Å². The van der Waals surface area contributed by atoms with E-state index in [0.29, 0.717) is 18.8 Å². The highest BCUT2D eigenvalue weighted by Gasteiger charge is 2.18. The third-order valence-corrected chi connectivity index (χ3v) is 2.44. The van der Waals surface area contributed by atoms with Crippen LogP contribution in [0, 0.1) is 5.82 Å². The van der Waals surface area contributed by atoms with E-state index in [9.17, 15) is 9.50 Å². The van der Waals surface area contributed by atoms with Gasteiger partial charge in [-0.3, -0.25) is 0 Å². The Kier molecular flexibility index (Phi) is 2.73.